The first kappa shape index (κ1) is 14.1. The number of methoxy groups -OCH3 is 2. The average Bonchev–Trinajstić information content (AvgIpc) is 2.85. The number of nitrogens with one attached hydrogen (secondary N) is 1. The Labute approximate surface area is 128 Å². The molecule has 0 radical (unpaired) electrons. The predicted molar refractivity (Wildman–Crippen MR) is 84.5 cm³/mol. The van der Waals surface area contributed by atoms with E-state index in [1.807, 2.05) is 11.4 Å². The lowest BCUT2D eigenvalue weighted by atomic mass is 10.2. The topological polar surface area (TPSA) is 47.6 Å². The molecular weight excluding hydrogens is 377 g/mol. The second-order valence-corrected chi connectivity index (χ2v) is 6.47. The first-order chi connectivity index (χ1) is 9.13. The largest absolute Gasteiger partial charge is 0.493 e. The Hall–Kier alpha value is -1.28. The van der Waals surface area contributed by atoms with Gasteiger partial charge >= 0.3 is 0 Å². The first-order valence-electron chi connectivity index (χ1n) is 5.41. The van der Waals surface area contributed by atoms with E-state index in [0.717, 1.165) is 2.88 Å². The SMILES string of the molecule is COc1ccc(NC(=O)c2csc(I)c2)cc1OC. The summed E-state index contributed by atoms with van der Waals surface area (Å²) >= 11 is 3.73. The lowest BCUT2D eigenvalue weighted by molar-refractivity contribution is 0.102. The van der Waals surface area contributed by atoms with Gasteiger partial charge in [-0.25, -0.2) is 0 Å². The molecule has 0 atom stereocenters. The Balaban J connectivity index is 2.17. The molecule has 1 amide bonds. The lowest BCUT2D eigenvalue weighted by Crippen LogP contribution is -2.10. The summed E-state index contributed by atoms with van der Waals surface area (Å²) in [5.74, 6) is 1.08. The number of ether oxygens (including phenoxy) is 2. The van der Waals surface area contributed by atoms with E-state index >= 15 is 0 Å². The third kappa shape index (κ3) is 3.38. The second-order valence-electron chi connectivity index (χ2n) is 3.66. The third-order valence-corrected chi connectivity index (χ3v) is 4.26. The highest BCUT2D eigenvalue weighted by Gasteiger charge is 2.10. The number of amides is 1. The average molecular weight is 389 g/mol. The van der Waals surface area contributed by atoms with E-state index in [1.165, 1.54) is 11.3 Å². The van der Waals surface area contributed by atoms with Crippen LogP contribution in [0.1, 0.15) is 10.4 Å². The van der Waals surface area contributed by atoms with Crippen LogP contribution in [0.15, 0.2) is 29.6 Å². The van der Waals surface area contributed by atoms with Crippen LogP contribution in [0.25, 0.3) is 0 Å². The summed E-state index contributed by atoms with van der Waals surface area (Å²) in [6.45, 7) is 0. The number of hydrogen-bond donors (Lipinski definition) is 1. The normalized spacial score (nSPS) is 10.1. The van der Waals surface area contributed by atoms with Gasteiger partial charge in [0.25, 0.3) is 5.91 Å². The highest BCUT2D eigenvalue weighted by Crippen LogP contribution is 2.30. The monoisotopic (exact) mass is 389 g/mol. The van der Waals surface area contributed by atoms with Crippen molar-refractivity contribution in [2.24, 2.45) is 0 Å². The van der Waals surface area contributed by atoms with E-state index in [2.05, 4.69) is 27.9 Å². The molecule has 2 rings (SSSR count). The Morgan fingerprint density at radius 1 is 1.21 bits per heavy atom. The zero-order valence-electron chi connectivity index (χ0n) is 10.4. The van der Waals surface area contributed by atoms with Crippen LogP contribution in [0.2, 0.25) is 0 Å². The molecule has 0 unspecified atom stereocenters. The lowest BCUT2D eigenvalue weighted by Gasteiger charge is -2.10. The summed E-state index contributed by atoms with van der Waals surface area (Å²) in [7, 11) is 3.13. The van der Waals surface area contributed by atoms with Gasteiger partial charge in [0, 0.05) is 17.1 Å². The third-order valence-electron chi connectivity index (χ3n) is 2.47. The number of carbonyl (C=O) groups excluding carboxylic acids is 1. The van der Waals surface area contributed by atoms with Crippen LogP contribution in [0, 0.1) is 2.88 Å². The van der Waals surface area contributed by atoms with Crippen molar-refractivity contribution in [1.82, 2.24) is 0 Å². The van der Waals surface area contributed by atoms with Crippen molar-refractivity contribution in [3.05, 3.63) is 38.1 Å². The fraction of sp³-hybridized carbons (Fsp3) is 0.154. The molecule has 19 heavy (non-hydrogen) atoms. The molecule has 0 saturated carbocycles. The molecule has 1 aromatic heterocycles. The zero-order chi connectivity index (χ0) is 13.8. The Kier molecular flexibility index (Phi) is 4.65. The van der Waals surface area contributed by atoms with Gasteiger partial charge in [-0.15, -0.1) is 11.3 Å². The van der Waals surface area contributed by atoms with E-state index in [4.69, 9.17) is 9.47 Å². The van der Waals surface area contributed by atoms with Gasteiger partial charge in [-0.2, -0.15) is 0 Å². The summed E-state index contributed by atoms with van der Waals surface area (Å²) < 4.78 is 11.4. The molecule has 6 heteroatoms. The highest BCUT2D eigenvalue weighted by molar-refractivity contribution is 14.1. The molecule has 0 spiro atoms. The van der Waals surface area contributed by atoms with Gasteiger partial charge in [0.1, 0.15) is 0 Å². The summed E-state index contributed by atoms with van der Waals surface area (Å²) in [6, 6.07) is 7.11. The van der Waals surface area contributed by atoms with Gasteiger partial charge in [-0.3, -0.25) is 4.79 Å². The van der Waals surface area contributed by atoms with Crippen LogP contribution < -0.4 is 14.8 Å². The molecule has 0 bridgehead atoms. The number of rotatable bonds is 4. The van der Waals surface area contributed by atoms with Crippen molar-refractivity contribution in [2.45, 2.75) is 0 Å². The van der Waals surface area contributed by atoms with Crippen molar-refractivity contribution >= 4 is 45.5 Å². The maximum Gasteiger partial charge on any atom is 0.256 e. The van der Waals surface area contributed by atoms with Gasteiger partial charge in [-0.1, -0.05) is 0 Å². The first-order valence-corrected chi connectivity index (χ1v) is 7.37. The predicted octanol–water partition coefficient (Wildman–Crippen LogP) is 3.62. The van der Waals surface area contributed by atoms with Crippen molar-refractivity contribution in [1.29, 1.82) is 0 Å². The van der Waals surface area contributed by atoms with Crippen LogP contribution in [-0.4, -0.2) is 20.1 Å². The molecule has 0 aliphatic carbocycles. The summed E-state index contributed by atoms with van der Waals surface area (Å²) in [6.07, 6.45) is 0. The van der Waals surface area contributed by atoms with Gasteiger partial charge in [-0.05, 0) is 40.8 Å². The molecule has 1 aromatic carbocycles. The van der Waals surface area contributed by atoms with E-state index in [9.17, 15) is 4.79 Å². The number of halogens is 1. The van der Waals surface area contributed by atoms with E-state index in [0.29, 0.717) is 22.7 Å². The fourth-order valence-corrected chi connectivity index (χ4v) is 2.87. The standard InChI is InChI=1S/C13H12INO3S/c1-17-10-4-3-9(6-11(10)18-2)15-13(16)8-5-12(14)19-7-8/h3-7H,1-2H3,(H,15,16). The van der Waals surface area contributed by atoms with Crippen molar-refractivity contribution in [2.75, 3.05) is 19.5 Å². The Morgan fingerprint density at radius 2 is 1.95 bits per heavy atom. The molecule has 100 valence electrons. The summed E-state index contributed by atoms with van der Waals surface area (Å²) in [5.41, 5.74) is 1.33. The molecule has 0 aliphatic heterocycles. The molecule has 0 saturated heterocycles. The number of benzene rings is 1. The number of hydrogen-bond acceptors (Lipinski definition) is 4. The minimum atomic E-state index is -0.133. The van der Waals surface area contributed by atoms with E-state index < -0.39 is 0 Å². The number of thiophene rings is 1. The smallest absolute Gasteiger partial charge is 0.256 e. The number of anilines is 1. The van der Waals surface area contributed by atoms with Crippen molar-refractivity contribution < 1.29 is 14.3 Å². The Bertz CT molecular complexity index is 597. The van der Waals surface area contributed by atoms with Crippen molar-refractivity contribution in [3.63, 3.8) is 0 Å². The second kappa shape index (κ2) is 6.25. The molecule has 0 fully saturated rings. The van der Waals surface area contributed by atoms with Gasteiger partial charge in [0.15, 0.2) is 11.5 Å². The minimum absolute atomic E-state index is 0.133. The molecular formula is C13H12INO3S. The highest BCUT2D eigenvalue weighted by atomic mass is 127. The van der Waals surface area contributed by atoms with Crippen LogP contribution in [0.5, 0.6) is 11.5 Å². The van der Waals surface area contributed by atoms with Crippen LogP contribution >= 0.6 is 33.9 Å². The molecule has 1 heterocycles. The van der Waals surface area contributed by atoms with Crippen LogP contribution in [-0.2, 0) is 0 Å². The van der Waals surface area contributed by atoms with Gasteiger partial charge in [0.05, 0.1) is 22.7 Å². The van der Waals surface area contributed by atoms with Gasteiger partial charge in [0.2, 0.25) is 0 Å². The van der Waals surface area contributed by atoms with Crippen molar-refractivity contribution in [3.8, 4) is 11.5 Å². The molecule has 0 aliphatic rings. The zero-order valence-corrected chi connectivity index (χ0v) is 13.4. The van der Waals surface area contributed by atoms with Crippen LogP contribution in [0.3, 0.4) is 0 Å². The summed E-state index contributed by atoms with van der Waals surface area (Å²) in [4.78, 5) is 12.0. The quantitative estimate of drug-likeness (QED) is 0.813. The maximum atomic E-state index is 12.0. The maximum absolute atomic E-state index is 12.0. The minimum Gasteiger partial charge on any atom is -0.493 e. The molecule has 2 aromatic rings. The van der Waals surface area contributed by atoms with Crippen LogP contribution in [0.4, 0.5) is 5.69 Å². The molecule has 1 N–H and O–H groups in total. The fourth-order valence-electron chi connectivity index (χ4n) is 1.55. The summed E-state index contributed by atoms with van der Waals surface area (Å²) in [5, 5.41) is 4.66. The number of carbonyl (C=O) groups is 1. The molecule has 4 nitrogen and oxygen atoms in total. The van der Waals surface area contributed by atoms with Gasteiger partial charge < -0.3 is 14.8 Å². The Morgan fingerprint density at radius 3 is 2.53 bits per heavy atom. The van der Waals surface area contributed by atoms with E-state index in [1.54, 1.807) is 32.4 Å². The van der Waals surface area contributed by atoms with E-state index in [-0.39, 0.29) is 5.91 Å².